The first kappa shape index (κ1) is 13.6. The zero-order chi connectivity index (χ0) is 8.15. The maximum Gasteiger partial charge on any atom is 0.321 e. The normalized spacial score (nSPS) is 11.4. The number of hydrogen-bond donors (Lipinski definition) is 2. The molecule has 0 aromatic rings. The minimum Gasteiger partial charge on any atom is -0.481 e. The van der Waals surface area contributed by atoms with E-state index in [1.807, 2.05) is 0 Å². The van der Waals surface area contributed by atoms with Crippen molar-refractivity contribution in [1.82, 2.24) is 0 Å². The Balaban J connectivity index is 0. The minimum atomic E-state index is -1.18. The van der Waals surface area contributed by atoms with E-state index in [4.69, 9.17) is 21.8 Å². The third-order valence-electron chi connectivity index (χ3n) is 0.880. The average molecular weight is 274 g/mol. The van der Waals surface area contributed by atoms with Crippen LogP contribution < -0.4 is 0 Å². The van der Waals surface area contributed by atoms with Gasteiger partial charge in [0.25, 0.3) is 0 Å². The Hall–Kier alpha value is -0.0297. The quantitative estimate of drug-likeness (QED) is 0.579. The molecule has 1 unspecified atom stereocenters. The van der Waals surface area contributed by atoms with E-state index in [2.05, 4.69) is 0 Å². The van der Waals surface area contributed by atoms with Crippen LogP contribution in [0.5, 0.6) is 0 Å². The standard InChI is InChI=1S/C5H7ClO4.Ag/c6-3(5(9)10)1-2-4(7)8;/h3H,1-2H2,(H,7,8)(H,9,10);. The molecule has 0 saturated heterocycles. The van der Waals surface area contributed by atoms with Gasteiger partial charge in [-0.25, -0.2) is 0 Å². The van der Waals surface area contributed by atoms with Crippen molar-refractivity contribution in [3.8, 4) is 0 Å². The second kappa shape index (κ2) is 6.67. The molecule has 4 nitrogen and oxygen atoms in total. The summed E-state index contributed by atoms with van der Waals surface area (Å²) in [5.74, 6) is -2.21. The van der Waals surface area contributed by atoms with Crippen molar-refractivity contribution in [2.24, 2.45) is 0 Å². The number of halogens is 1. The Morgan fingerprint density at radius 1 is 1.36 bits per heavy atom. The Labute approximate surface area is 84.0 Å². The van der Waals surface area contributed by atoms with Gasteiger partial charge in [0.2, 0.25) is 0 Å². The molecule has 0 fully saturated rings. The SMILES string of the molecule is O=C(O)CCC(Cl)C(=O)O.[Ag]. The van der Waals surface area contributed by atoms with Gasteiger partial charge in [-0.05, 0) is 6.42 Å². The van der Waals surface area contributed by atoms with Crippen LogP contribution in [0.2, 0.25) is 0 Å². The van der Waals surface area contributed by atoms with Gasteiger partial charge < -0.3 is 10.2 Å². The van der Waals surface area contributed by atoms with Crippen LogP contribution in [-0.4, -0.2) is 27.5 Å². The van der Waals surface area contributed by atoms with Gasteiger partial charge in [-0.2, -0.15) is 0 Å². The molecule has 2 N–H and O–H groups in total. The molecule has 11 heavy (non-hydrogen) atoms. The topological polar surface area (TPSA) is 74.6 Å². The van der Waals surface area contributed by atoms with Crippen molar-refractivity contribution < 1.29 is 42.2 Å². The molecule has 69 valence electrons. The molecule has 0 aromatic carbocycles. The molecule has 0 aliphatic carbocycles. The summed E-state index contributed by atoms with van der Waals surface area (Å²) in [6.45, 7) is 0. The van der Waals surface area contributed by atoms with E-state index in [0.29, 0.717) is 0 Å². The Bertz CT molecular complexity index is 149. The van der Waals surface area contributed by atoms with E-state index in [0.717, 1.165) is 0 Å². The number of aliphatic carboxylic acids is 2. The summed E-state index contributed by atoms with van der Waals surface area (Å²) in [5, 5.41) is 15.2. The molecule has 0 amide bonds. The molecule has 0 spiro atoms. The first-order valence-electron chi connectivity index (χ1n) is 2.62. The van der Waals surface area contributed by atoms with E-state index in [1.165, 1.54) is 0 Å². The van der Waals surface area contributed by atoms with Gasteiger partial charge in [0, 0.05) is 28.8 Å². The Kier molecular flexibility index (Phi) is 8.21. The molecule has 0 heterocycles. The summed E-state index contributed by atoms with van der Waals surface area (Å²) in [6, 6.07) is 0. The van der Waals surface area contributed by atoms with E-state index in [1.54, 1.807) is 0 Å². The molecule has 0 aromatic heterocycles. The van der Waals surface area contributed by atoms with Crippen LogP contribution in [-0.2, 0) is 32.0 Å². The third kappa shape index (κ3) is 7.87. The monoisotopic (exact) mass is 273 g/mol. The van der Waals surface area contributed by atoms with Crippen LogP contribution in [0.15, 0.2) is 0 Å². The van der Waals surface area contributed by atoms with Crippen molar-refractivity contribution in [3.63, 3.8) is 0 Å². The minimum absolute atomic E-state index is 0. The van der Waals surface area contributed by atoms with Crippen LogP contribution in [0.3, 0.4) is 0 Å². The summed E-state index contributed by atoms with van der Waals surface area (Å²) < 4.78 is 0. The van der Waals surface area contributed by atoms with Crippen LogP contribution >= 0.6 is 11.6 Å². The average Bonchev–Trinajstić information content (AvgIpc) is 1.82. The molecule has 1 atom stereocenters. The zero-order valence-electron chi connectivity index (χ0n) is 5.38. The maximum absolute atomic E-state index is 9.99. The summed E-state index contributed by atoms with van der Waals surface area (Å²) in [5.41, 5.74) is 0. The number of carboxylic acid groups (broad SMARTS) is 2. The zero-order valence-corrected chi connectivity index (χ0v) is 7.62. The predicted molar refractivity (Wildman–Crippen MR) is 34.1 cm³/mol. The summed E-state index contributed by atoms with van der Waals surface area (Å²) in [6.07, 6.45) is -0.243. The predicted octanol–water partition coefficient (Wildman–Crippen LogP) is 0.541. The molecular weight excluding hydrogens is 267 g/mol. The summed E-state index contributed by atoms with van der Waals surface area (Å²) >= 11 is 5.20. The van der Waals surface area contributed by atoms with E-state index < -0.39 is 17.3 Å². The van der Waals surface area contributed by atoms with Crippen LogP contribution in [0.4, 0.5) is 0 Å². The number of hydrogen-bond acceptors (Lipinski definition) is 2. The van der Waals surface area contributed by atoms with Crippen molar-refractivity contribution >= 4 is 23.5 Å². The first-order valence-corrected chi connectivity index (χ1v) is 3.06. The molecule has 6 heteroatoms. The fourth-order valence-electron chi connectivity index (χ4n) is 0.374. The van der Waals surface area contributed by atoms with Crippen molar-refractivity contribution in [2.45, 2.75) is 18.2 Å². The van der Waals surface area contributed by atoms with Gasteiger partial charge in [-0.3, -0.25) is 9.59 Å². The Morgan fingerprint density at radius 2 is 1.82 bits per heavy atom. The van der Waals surface area contributed by atoms with Gasteiger partial charge in [0.15, 0.2) is 0 Å². The van der Waals surface area contributed by atoms with Crippen molar-refractivity contribution in [1.29, 1.82) is 0 Å². The van der Waals surface area contributed by atoms with Crippen molar-refractivity contribution in [3.05, 3.63) is 0 Å². The molecule has 0 aliphatic rings. The van der Waals surface area contributed by atoms with Crippen LogP contribution in [0, 0.1) is 0 Å². The smallest absolute Gasteiger partial charge is 0.321 e. The number of alkyl halides is 1. The fourth-order valence-corrected chi connectivity index (χ4v) is 0.483. The first-order chi connectivity index (χ1) is 4.54. The van der Waals surface area contributed by atoms with Gasteiger partial charge in [-0.15, -0.1) is 11.6 Å². The molecular formula is C5H7AgClO4. The van der Waals surface area contributed by atoms with Gasteiger partial charge in [-0.1, -0.05) is 0 Å². The second-order valence-corrected chi connectivity index (χ2v) is 2.27. The molecule has 0 aliphatic heterocycles. The van der Waals surface area contributed by atoms with Gasteiger partial charge >= 0.3 is 11.9 Å². The second-order valence-electron chi connectivity index (χ2n) is 1.74. The van der Waals surface area contributed by atoms with Crippen LogP contribution in [0.1, 0.15) is 12.8 Å². The largest absolute Gasteiger partial charge is 0.481 e. The maximum atomic E-state index is 9.99. The third-order valence-corrected chi connectivity index (χ3v) is 1.28. The Morgan fingerprint density at radius 3 is 2.09 bits per heavy atom. The van der Waals surface area contributed by atoms with E-state index in [-0.39, 0.29) is 35.2 Å². The van der Waals surface area contributed by atoms with Gasteiger partial charge in [0.1, 0.15) is 5.38 Å². The van der Waals surface area contributed by atoms with Crippen LogP contribution in [0.25, 0.3) is 0 Å². The van der Waals surface area contributed by atoms with E-state index in [9.17, 15) is 9.59 Å². The van der Waals surface area contributed by atoms with Gasteiger partial charge in [0.05, 0.1) is 0 Å². The molecule has 0 bridgehead atoms. The van der Waals surface area contributed by atoms with Crippen molar-refractivity contribution in [2.75, 3.05) is 0 Å². The number of carbonyl (C=O) groups is 2. The van der Waals surface area contributed by atoms with E-state index >= 15 is 0 Å². The molecule has 0 saturated carbocycles. The number of rotatable bonds is 4. The fraction of sp³-hybridized carbons (Fsp3) is 0.600. The number of carboxylic acids is 2. The molecule has 1 radical (unpaired) electrons. The summed E-state index contributed by atoms with van der Waals surface area (Å²) in [7, 11) is 0. The summed E-state index contributed by atoms with van der Waals surface area (Å²) in [4.78, 5) is 19.9. The molecule has 0 rings (SSSR count).